The van der Waals surface area contributed by atoms with Crippen molar-refractivity contribution in [2.24, 2.45) is 5.92 Å². The van der Waals surface area contributed by atoms with Crippen LogP contribution in [0.5, 0.6) is 0 Å². The summed E-state index contributed by atoms with van der Waals surface area (Å²) in [7, 11) is 1.63. The molecule has 24 heavy (non-hydrogen) atoms. The van der Waals surface area contributed by atoms with Crippen molar-refractivity contribution >= 4 is 17.6 Å². The van der Waals surface area contributed by atoms with Crippen LogP contribution in [0.3, 0.4) is 0 Å². The highest BCUT2D eigenvalue weighted by Gasteiger charge is 2.32. The van der Waals surface area contributed by atoms with Gasteiger partial charge in [0.15, 0.2) is 11.0 Å². The van der Waals surface area contributed by atoms with Crippen LogP contribution in [0, 0.1) is 11.7 Å². The highest BCUT2D eigenvalue weighted by molar-refractivity contribution is 6.30. The number of likely N-dealkylation sites (tertiary alicyclic amines) is 1. The van der Waals surface area contributed by atoms with Crippen LogP contribution in [0.4, 0.5) is 9.18 Å². The van der Waals surface area contributed by atoms with Crippen molar-refractivity contribution in [3.8, 4) is 11.5 Å². The molecule has 3 heterocycles. The minimum atomic E-state index is -0.396. The molecule has 0 unspecified atom stereocenters. The van der Waals surface area contributed by atoms with Gasteiger partial charge in [0.1, 0.15) is 11.5 Å². The van der Waals surface area contributed by atoms with Crippen molar-refractivity contribution < 1.29 is 9.18 Å². The maximum absolute atomic E-state index is 13.0. The van der Waals surface area contributed by atoms with Crippen LogP contribution in [0.1, 0.15) is 25.0 Å². The fourth-order valence-corrected chi connectivity index (χ4v) is 3.44. The van der Waals surface area contributed by atoms with Crippen molar-refractivity contribution in [2.75, 3.05) is 20.1 Å². The van der Waals surface area contributed by atoms with Crippen molar-refractivity contribution in [1.29, 1.82) is 0 Å². The van der Waals surface area contributed by atoms with Gasteiger partial charge in [0, 0.05) is 26.1 Å². The monoisotopic (exact) mass is 351 g/mol. The molecule has 0 bridgehead atoms. The van der Waals surface area contributed by atoms with Gasteiger partial charge in [0.25, 0.3) is 0 Å². The number of carbonyl (C=O) groups is 1. The van der Waals surface area contributed by atoms with Crippen LogP contribution in [-0.2, 0) is 0 Å². The first-order valence-electron chi connectivity index (χ1n) is 7.83. The van der Waals surface area contributed by atoms with Gasteiger partial charge in [-0.1, -0.05) is 18.5 Å². The number of hydrogen-bond acceptors (Lipinski definition) is 3. The number of carbonyl (C=O) groups excluding carboxylic acids is 1. The zero-order valence-corrected chi connectivity index (χ0v) is 14.3. The number of imidazole rings is 1. The van der Waals surface area contributed by atoms with Gasteiger partial charge in [0.05, 0.1) is 11.9 Å². The lowest BCUT2D eigenvalue weighted by molar-refractivity contribution is 0.160. The SMILES string of the molecule is CNC(=O)N1CC[C@@H](c2[nH]c(-c3ccc(F)cn3)nc2Cl)[C@@H](C)C1. The Morgan fingerprint density at radius 1 is 1.50 bits per heavy atom. The maximum atomic E-state index is 13.0. The molecule has 2 atom stereocenters. The number of halogens is 2. The molecular weight excluding hydrogens is 333 g/mol. The van der Waals surface area contributed by atoms with Gasteiger partial charge >= 0.3 is 6.03 Å². The Labute approximate surface area is 144 Å². The number of rotatable bonds is 2. The summed E-state index contributed by atoms with van der Waals surface area (Å²) in [6.07, 6.45) is 1.95. The highest BCUT2D eigenvalue weighted by atomic mass is 35.5. The first-order chi connectivity index (χ1) is 11.5. The predicted octanol–water partition coefficient (Wildman–Crippen LogP) is 3.03. The van der Waals surface area contributed by atoms with E-state index in [1.807, 2.05) is 0 Å². The minimum absolute atomic E-state index is 0.0628. The lowest BCUT2D eigenvalue weighted by atomic mass is 9.85. The smallest absolute Gasteiger partial charge is 0.317 e. The van der Waals surface area contributed by atoms with Crippen LogP contribution in [-0.4, -0.2) is 46.0 Å². The van der Waals surface area contributed by atoms with Gasteiger partial charge in [-0.3, -0.25) is 0 Å². The van der Waals surface area contributed by atoms with Gasteiger partial charge in [0.2, 0.25) is 0 Å². The van der Waals surface area contributed by atoms with Crippen LogP contribution < -0.4 is 5.32 Å². The van der Waals surface area contributed by atoms with Crippen LogP contribution >= 0.6 is 11.6 Å². The molecule has 2 aromatic rings. The summed E-state index contributed by atoms with van der Waals surface area (Å²) in [4.78, 5) is 25.1. The maximum Gasteiger partial charge on any atom is 0.317 e. The van der Waals surface area contributed by atoms with Crippen LogP contribution in [0.15, 0.2) is 18.3 Å². The number of nitrogens with one attached hydrogen (secondary N) is 2. The first kappa shape index (κ1) is 16.7. The lowest BCUT2D eigenvalue weighted by Crippen LogP contribution is -2.46. The molecule has 2 aromatic heterocycles. The molecule has 0 aliphatic carbocycles. The zero-order chi connectivity index (χ0) is 17.3. The molecule has 1 aliphatic rings. The van der Waals surface area contributed by atoms with E-state index >= 15 is 0 Å². The standard InChI is InChI=1S/C16H19ClFN5O/c1-9-8-23(16(24)19-2)6-5-11(9)13-14(17)22-15(21-13)12-4-3-10(18)7-20-12/h3-4,7,9,11H,5-6,8H2,1-2H3,(H,19,24)(H,21,22)/t9-,11+/m0/s1. The number of H-pyrrole nitrogens is 1. The molecule has 1 saturated heterocycles. The third kappa shape index (κ3) is 3.21. The second-order valence-electron chi connectivity index (χ2n) is 6.03. The number of amides is 2. The Bertz CT molecular complexity index is 733. The van der Waals surface area contributed by atoms with E-state index in [2.05, 4.69) is 27.2 Å². The Kier molecular flexibility index (Phi) is 4.71. The summed E-state index contributed by atoms with van der Waals surface area (Å²) in [6.45, 7) is 3.41. The quantitative estimate of drug-likeness (QED) is 0.873. The van der Waals surface area contributed by atoms with Crippen molar-refractivity contribution in [3.63, 3.8) is 0 Å². The van der Waals surface area contributed by atoms with E-state index in [1.165, 1.54) is 6.07 Å². The molecule has 2 N–H and O–H groups in total. The van der Waals surface area contributed by atoms with Gasteiger partial charge < -0.3 is 15.2 Å². The Morgan fingerprint density at radius 3 is 2.92 bits per heavy atom. The number of pyridine rings is 1. The zero-order valence-electron chi connectivity index (χ0n) is 13.5. The summed E-state index contributed by atoms with van der Waals surface area (Å²) in [5.74, 6) is 0.547. The van der Waals surface area contributed by atoms with Crippen molar-refractivity contribution in [3.05, 3.63) is 35.0 Å². The van der Waals surface area contributed by atoms with E-state index < -0.39 is 5.82 Å². The van der Waals surface area contributed by atoms with Gasteiger partial charge in [-0.2, -0.15) is 0 Å². The summed E-state index contributed by atoms with van der Waals surface area (Å²) in [5, 5.41) is 3.06. The lowest BCUT2D eigenvalue weighted by Gasteiger charge is -2.36. The molecule has 0 aromatic carbocycles. The molecule has 0 saturated carbocycles. The van der Waals surface area contributed by atoms with E-state index in [0.717, 1.165) is 18.3 Å². The molecule has 8 heteroatoms. The number of aromatic nitrogens is 3. The predicted molar refractivity (Wildman–Crippen MR) is 89.3 cm³/mol. The van der Waals surface area contributed by atoms with Gasteiger partial charge in [-0.25, -0.2) is 19.2 Å². The average Bonchev–Trinajstić information content (AvgIpc) is 2.96. The number of urea groups is 1. The fourth-order valence-electron chi connectivity index (χ4n) is 3.17. The Morgan fingerprint density at radius 2 is 2.29 bits per heavy atom. The number of hydrogen-bond donors (Lipinski definition) is 2. The second kappa shape index (κ2) is 6.76. The molecule has 2 amide bonds. The first-order valence-corrected chi connectivity index (χ1v) is 8.21. The number of nitrogens with zero attached hydrogens (tertiary/aromatic N) is 3. The third-order valence-electron chi connectivity index (χ3n) is 4.43. The van der Waals surface area contributed by atoms with Crippen LogP contribution in [0.2, 0.25) is 5.15 Å². The Hall–Kier alpha value is -2.15. The molecule has 0 spiro atoms. The molecule has 0 radical (unpaired) electrons. The largest absolute Gasteiger partial charge is 0.341 e. The normalized spacial score (nSPS) is 20.9. The third-order valence-corrected chi connectivity index (χ3v) is 4.72. The van der Waals surface area contributed by atoms with E-state index in [4.69, 9.17) is 11.6 Å². The molecule has 1 aliphatic heterocycles. The van der Waals surface area contributed by atoms with E-state index in [0.29, 0.717) is 29.8 Å². The summed E-state index contributed by atoms with van der Waals surface area (Å²) >= 11 is 6.31. The minimum Gasteiger partial charge on any atom is -0.341 e. The molecule has 6 nitrogen and oxygen atoms in total. The average molecular weight is 352 g/mol. The number of aromatic amines is 1. The van der Waals surface area contributed by atoms with Gasteiger partial charge in [-0.05, 0) is 24.5 Å². The molecule has 128 valence electrons. The Balaban J connectivity index is 1.80. The van der Waals surface area contributed by atoms with E-state index in [-0.39, 0.29) is 17.9 Å². The topological polar surface area (TPSA) is 73.9 Å². The van der Waals surface area contributed by atoms with E-state index in [1.54, 1.807) is 18.0 Å². The second-order valence-corrected chi connectivity index (χ2v) is 6.38. The van der Waals surface area contributed by atoms with Gasteiger partial charge in [-0.15, -0.1) is 0 Å². The summed E-state index contributed by atoms with van der Waals surface area (Å²) in [6, 6.07) is 2.83. The van der Waals surface area contributed by atoms with E-state index in [9.17, 15) is 9.18 Å². The summed E-state index contributed by atoms with van der Waals surface area (Å²) < 4.78 is 13.0. The highest BCUT2D eigenvalue weighted by Crippen LogP contribution is 2.36. The number of piperidine rings is 1. The fraction of sp³-hybridized carbons (Fsp3) is 0.438. The van der Waals surface area contributed by atoms with Crippen molar-refractivity contribution in [1.82, 2.24) is 25.2 Å². The van der Waals surface area contributed by atoms with Crippen LogP contribution in [0.25, 0.3) is 11.5 Å². The molecular formula is C16H19ClFN5O. The molecule has 3 rings (SSSR count). The summed E-state index contributed by atoms with van der Waals surface area (Å²) in [5.41, 5.74) is 1.39. The molecule has 1 fully saturated rings. The van der Waals surface area contributed by atoms with Crippen molar-refractivity contribution in [2.45, 2.75) is 19.3 Å².